The standard InChI is InChI=1S/C12H23NO10/c13-5-8(17)6(15)3(1-14)23-12(5)21-2-4-7(16)9(18)10(19)11(20)22-4/h3-12,14-20H,1-2,13H2. The topological polar surface area (TPSA) is 195 Å². The molecule has 136 valence electrons. The van der Waals surface area contributed by atoms with E-state index in [9.17, 15) is 30.6 Å². The zero-order valence-corrected chi connectivity index (χ0v) is 12.1. The molecule has 2 fully saturated rings. The summed E-state index contributed by atoms with van der Waals surface area (Å²) in [6.45, 7) is -0.960. The Hall–Kier alpha value is -0.440. The van der Waals surface area contributed by atoms with Crippen molar-refractivity contribution in [2.45, 2.75) is 61.3 Å². The molecule has 11 nitrogen and oxygen atoms in total. The van der Waals surface area contributed by atoms with Crippen LogP contribution in [0.15, 0.2) is 0 Å². The lowest BCUT2D eigenvalue weighted by Crippen LogP contribution is -2.63. The van der Waals surface area contributed by atoms with E-state index in [4.69, 9.17) is 25.1 Å². The van der Waals surface area contributed by atoms with Gasteiger partial charge in [-0.2, -0.15) is 0 Å². The van der Waals surface area contributed by atoms with Crippen molar-refractivity contribution < 1.29 is 50.0 Å². The lowest BCUT2D eigenvalue weighted by Gasteiger charge is -2.42. The van der Waals surface area contributed by atoms with Gasteiger partial charge >= 0.3 is 0 Å². The minimum absolute atomic E-state index is 0.388. The number of rotatable bonds is 4. The first-order chi connectivity index (χ1) is 10.8. The van der Waals surface area contributed by atoms with Gasteiger partial charge in [0.25, 0.3) is 0 Å². The summed E-state index contributed by atoms with van der Waals surface area (Å²) in [5.41, 5.74) is 5.67. The molecule has 0 aromatic rings. The summed E-state index contributed by atoms with van der Waals surface area (Å²) in [5.74, 6) is 0. The van der Waals surface area contributed by atoms with Crippen LogP contribution in [0, 0.1) is 0 Å². The van der Waals surface area contributed by atoms with Crippen molar-refractivity contribution in [3.63, 3.8) is 0 Å². The molecule has 2 aliphatic heterocycles. The van der Waals surface area contributed by atoms with E-state index in [-0.39, 0.29) is 6.61 Å². The Morgan fingerprint density at radius 2 is 1.39 bits per heavy atom. The zero-order chi connectivity index (χ0) is 17.3. The van der Waals surface area contributed by atoms with Gasteiger partial charge in [0, 0.05) is 0 Å². The molecule has 0 amide bonds. The minimum atomic E-state index is -1.71. The highest BCUT2D eigenvalue weighted by Crippen LogP contribution is 2.24. The summed E-state index contributed by atoms with van der Waals surface area (Å²) in [6, 6.07) is -1.13. The number of nitrogens with two attached hydrogens (primary N) is 1. The molecule has 11 heteroatoms. The molecule has 0 aliphatic carbocycles. The molecule has 10 unspecified atom stereocenters. The van der Waals surface area contributed by atoms with Crippen molar-refractivity contribution in [3.8, 4) is 0 Å². The Morgan fingerprint density at radius 1 is 0.783 bits per heavy atom. The van der Waals surface area contributed by atoms with E-state index in [1.54, 1.807) is 0 Å². The summed E-state index contributed by atoms with van der Waals surface area (Å²) in [4.78, 5) is 0. The van der Waals surface area contributed by atoms with Gasteiger partial charge in [-0.3, -0.25) is 0 Å². The van der Waals surface area contributed by atoms with Crippen molar-refractivity contribution in [1.29, 1.82) is 0 Å². The quantitative estimate of drug-likeness (QED) is 0.243. The smallest absolute Gasteiger partial charge is 0.184 e. The molecule has 9 N–H and O–H groups in total. The van der Waals surface area contributed by atoms with Crippen molar-refractivity contribution >= 4 is 0 Å². The summed E-state index contributed by atoms with van der Waals surface area (Å²) in [7, 11) is 0. The van der Waals surface area contributed by atoms with Crippen molar-refractivity contribution in [2.24, 2.45) is 5.73 Å². The maximum absolute atomic E-state index is 9.79. The third-order valence-corrected chi connectivity index (χ3v) is 4.04. The lowest BCUT2D eigenvalue weighted by molar-refractivity contribution is -0.310. The van der Waals surface area contributed by atoms with Gasteiger partial charge in [0.1, 0.15) is 42.7 Å². The van der Waals surface area contributed by atoms with Gasteiger partial charge in [0.05, 0.1) is 19.3 Å². The van der Waals surface area contributed by atoms with Gasteiger partial charge in [-0.15, -0.1) is 0 Å². The molecule has 2 rings (SSSR count). The fourth-order valence-corrected chi connectivity index (χ4v) is 2.51. The normalized spacial score (nSPS) is 51.7. The van der Waals surface area contributed by atoms with Crippen LogP contribution in [-0.2, 0) is 14.2 Å². The Balaban J connectivity index is 1.94. The van der Waals surface area contributed by atoms with Crippen LogP contribution in [0.4, 0.5) is 0 Å². The largest absolute Gasteiger partial charge is 0.394 e. The molecule has 0 aromatic carbocycles. The van der Waals surface area contributed by atoms with Crippen LogP contribution >= 0.6 is 0 Å². The van der Waals surface area contributed by atoms with Crippen molar-refractivity contribution in [3.05, 3.63) is 0 Å². The SMILES string of the molecule is NC1C(OCC2OC(O)C(O)C(O)C2O)OC(CO)C(O)C1O. The van der Waals surface area contributed by atoms with Crippen LogP contribution in [0.1, 0.15) is 0 Å². The Bertz CT molecular complexity index is 385. The minimum Gasteiger partial charge on any atom is -0.394 e. The van der Waals surface area contributed by atoms with Crippen LogP contribution in [0.25, 0.3) is 0 Å². The summed E-state index contributed by atoms with van der Waals surface area (Å²) < 4.78 is 15.4. The Labute approximate surface area is 131 Å². The molecule has 0 aromatic heterocycles. The lowest BCUT2D eigenvalue weighted by atomic mass is 9.97. The van der Waals surface area contributed by atoms with Gasteiger partial charge in [-0.25, -0.2) is 0 Å². The fraction of sp³-hybridized carbons (Fsp3) is 1.00. The second-order valence-corrected chi connectivity index (χ2v) is 5.65. The monoisotopic (exact) mass is 341 g/mol. The second kappa shape index (κ2) is 7.63. The summed E-state index contributed by atoms with van der Waals surface area (Å²) in [5, 5.41) is 66.7. The van der Waals surface area contributed by atoms with Crippen molar-refractivity contribution in [1.82, 2.24) is 0 Å². The first-order valence-corrected chi connectivity index (χ1v) is 7.15. The number of aliphatic hydroxyl groups excluding tert-OH is 7. The predicted octanol–water partition coefficient (Wildman–Crippen LogP) is -5.43. The summed E-state index contributed by atoms with van der Waals surface area (Å²) in [6.07, 6.45) is -12.8. The second-order valence-electron chi connectivity index (χ2n) is 5.65. The maximum atomic E-state index is 9.79. The van der Waals surface area contributed by atoms with E-state index >= 15 is 0 Å². The maximum Gasteiger partial charge on any atom is 0.184 e. The highest BCUT2D eigenvalue weighted by Gasteiger charge is 2.46. The van der Waals surface area contributed by atoms with E-state index in [1.165, 1.54) is 0 Å². The number of hydrogen-bond acceptors (Lipinski definition) is 11. The number of ether oxygens (including phenoxy) is 3. The van der Waals surface area contributed by atoms with Crippen LogP contribution < -0.4 is 5.73 Å². The van der Waals surface area contributed by atoms with Gasteiger partial charge in [-0.1, -0.05) is 0 Å². The van der Waals surface area contributed by atoms with Crippen LogP contribution in [0.5, 0.6) is 0 Å². The molecule has 23 heavy (non-hydrogen) atoms. The van der Waals surface area contributed by atoms with Crippen LogP contribution in [0.2, 0.25) is 0 Å². The van der Waals surface area contributed by atoms with Crippen LogP contribution in [-0.4, -0.2) is 110 Å². The molecule has 2 heterocycles. The molecular weight excluding hydrogens is 318 g/mol. The molecule has 10 atom stereocenters. The molecule has 2 aliphatic rings. The summed E-state index contributed by atoms with van der Waals surface area (Å²) >= 11 is 0. The van der Waals surface area contributed by atoms with E-state index in [2.05, 4.69) is 0 Å². The van der Waals surface area contributed by atoms with Gasteiger partial charge in [0.15, 0.2) is 12.6 Å². The van der Waals surface area contributed by atoms with Gasteiger partial charge < -0.3 is 55.7 Å². The predicted molar refractivity (Wildman–Crippen MR) is 70.6 cm³/mol. The van der Waals surface area contributed by atoms with E-state index in [0.29, 0.717) is 0 Å². The molecule has 0 spiro atoms. The third-order valence-electron chi connectivity index (χ3n) is 4.04. The fourth-order valence-electron chi connectivity index (χ4n) is 2.51. The molecule has 0 bridgehead atoms. The van der Waals surface area contributed by atoms with E-state index in [1.807, 2.05) is 0 Å². The Kier molecular flexibility index (Phi) is 6.27. The van der Waals surface area contributed by atoms with Crippen LogP contribution in [0.3, 0.4) is 0 Å². The number of aliphatic hydroxyl groups is 7. The Morgan fingerprint density at radius 3 is 2.00 bits per heavy atom. The van der Waals surface area contributed by atoms with Gasteiger partial charge in [0.2, 0.25) is 0 Å². The molecular formula is C12H23NO10. The third kappa shape index (κ3) is 3.81. The van der Waals surface area contributed by atoms with E-state index in [0.717, 1.165) is 0 Å². The zero-order valence-electron chi connectivity index (χ0n) is 12.1. The molecule has 0 saturated carbocycles. The first kappa shape index (κ1) is 18.9. The highest BCUT2D eigenvalue weighted by atomic mass is 16.7. The molecule has 0 radical (unpaired) electrons. The molecule has 2 saturated heterocycles. The first-order valence-electron chi connectivity index (χ1n) is 7.15. The van der Waals surface area contributed by atoms with Gasteiger partial charge in [-0.05, 0) is 0 Å². The number of hydrogen-bond donors (Lipinski definition) is 8. The van der Waals surface area contributed by atoms with E-state index < -0.39 is 68.0 Å². The van der Waals surface area contributed by atoms with Crippen molar-refractivity contribution in [2.75, 3.05) is 13.2 Å². The highest BCUT2D eigenvalue weighted by molar-refractivity contribution is 4.92. The average Bonchev–Trinajstić information content (AvgIpc) is 2.54. The average molecular weight is 341 g/mol.